The largest absolute Gasteiger partial charge is 0.390 e. The minimum Gasteiger partial charge on any atom is -0.390 e. The summed E-state index contributed by atoms with van der Waals surface area (Å²) in [7, 11) is -1.94. The fourth-order valence-corrected chi connectivity index (χ4v) is 4.26. The van der Waals surface area contributed by atoms with Crippen molar-refractivity contribution in [2.75, 3.05) is 0 Å². The van der Waals surface area contributed by atoms with Gasteiger partial charge in [-0.25, -0.2) is 13.1 Å². The number of rotatable bonds is 5. The lowest BCUT2D eigenvalue weighted by molar-refractivity contribution is 0.272. The monoisotopic (exact) mass is 334 g/mol. The van der Waals surface area contributed by atoms with Crippen molar-refractivity contribution in [2.45, 2.75) is 24.5 Å². The fraction of sp³-hybridized carbons (Fsp3) is 0.333. The van der Waals surface area contributed by atoms with Gasteiger partial charge in [0.1, 0.15) is 0 Å². The van der Waals surface area contributed by atoms with Gasteiger partial charge in [0.15, 0.2) is 0 Å². The first-order chi connectivity index (χ1) is 9.33. The van der Waals surface area contributed by atoms with Gasteiger partial charge in [0.2, 0.25) is 10.0 Å². The highest BCUT2D eigenvalue weighted by Crippen LogP contribution is 2.27. The first kappa shape index (κ1) is 15.5. The smallest absolute Gasteiger partial charge is 0.242 e. The Kier molecular flexibility index (Phi) is 4.55. The van der Waals surface area contributed by atoms with Gasteiger partial charge in [0.25, 0.3) is 0 Å². The Balaban J connectivity index is 2.22. The molecule has 0 saturated heterocycles. The van der Waals surface area contributed by atoms with Gasteiger partial charge in [-0.2, -0.15) is 0 Å². The van der Waals surface area contributed by atoms with E-state index in [-0.39, 0.29) is 17.5 Å². The summed E-state index contributed by atoms with van der Waals surface area (Å²) < 4.78 is 29.3. The third-order valence-corrected chi connectivity index (χ3v) is 5.83. The molecule has 2 aromatic heterocycles. The highest BCUT2D eigenvalue weighted by atomic mass is 35.5. The van der Waals surface area contributed by atoms with Crippen LogP contribution in [0.15, 0.2) is 29.3 Å². The van der Waals surface area contributed by atoms with E-state index in [1.54, 1.807) is 30.7 Å². The number of aromatic nitrogens is 1. The number of nitrogens with zero attached hydrogens (tertiary/aromatic N) is 1. The third-order valence-electron chi connectivity index (χ3n) is 2.91. The molecule has 110 valence electrons. The molecule has 0 aliphatic carbocycles. The van der Waals surface area contributed by atoms with Crippen LogP contribution in [0.2, 0.25) is 4.34 Å². The molecule has 20 heavy (non-hydrogen) atoms. The van der Waals surface area contributed by atoms with E-state index >= 15 is 0 Å². The van der Waals surface area contributed by atoms with Gasteiger partial charge in [-0.1, -0.05) is 11.6 Å². The van der Waals surface area contributed by atoms with E-state index < -0.39 is 10.0 Å². The van der Waals surface area contributed by atoms with E-state index in [0.29, 0.717) is 10.0 Å². The lowest BCUT2D eigenvalue weighted by atomic mass is 10.3. The van der Waals surface area contributed by atoms with E-state index in [2.05, 4.69) is 4.72 Å². The molecule has 5 nitrogen and oxygen atoms in total. The van der Waals surface area contributed by atoms with Gasteiger partial charge in [0, 0.05) is 23.8 Å². The van der Waals surface area contributed by atoms with Crippen LogP contribution in [0, 0.1) is 0 Å². The normalized spacial score (nSPS) is 13.6. The molecule has 2 rings (SSSR count). The molecule has 0 saturated carbocycles. The van der Waals surface area contributed by atoms with E-state index in [9.17, 15) is 8.42 Å². The van der Waals surface area contributed by atoms with Crippen molar-refractivity contribution < 1.29 is 13.5 Å². The molecule has 0 bridgehead atoms. The summed E-state index contributed by atoms with van der Waals surface area (Å²) in [4.78, 5) is 0.982. The Morgan fingerprint density at radius 3 is 2.70 bits per heavy atom. The summed E-state index contributed by atoms with van der Waals surface area (Å²) in [5, 5.41) is 9.11. The number of hydrogen-bond donors (Lipinski definition) is 2. The van der Waals surface area contributed by atoms with Crippen molar-refractivity contribution in [3.05, 3.63) is 39.3 Å². The van der Waals surface area contributed by atoms with Crippen molar-refractivity contribution in [1.82, 2.24) is 9.29 Å². The molecule has 2 heterocycles. The molecular formula is C12H15ClN2O3S2. The highest BCUT2D eigenvalue weighted by molar-refractivity contribution is 7.89. The topological polar surface area (TPSA) is 71.3 Å². The minimum absolute atomic E-state index is 0.138. The predicted molar refractivity (Wildman–Crippen MR) is 79.4 cm³/mol. The number of sulfonamides is 1. The van der Waals surface area contributed by atoms with Crippen molar-refractivity contribution >= 4 is 33.0 Å². The molecule has 0 radical (unpaired) electrons. The van der Waals surface area contributed by atoms with Gasteiger partial charge in [-0.15, -0.1) is 11.3 Å². The Morgan fingerprint density at radius 2 is 2.20 bits per heavy atom. The maximum Gasteiger partial charge on any atom is 0.242 e. The molecule has 2 aromatic rings. The second kappa shape index (κ2) is 5.87. The molecule has 1 unspecified atom stereocenters. The number of aliphatic hydroxyl groups is 1. The summed E-state index contributed by atoms with van der Waals surface area (Å²) in [6, 6.07) is 4.62. The number of nitrogens with one attached hydrogen (secondary N) is 1. The molecule has 0 aromatic carbocycles. The number of halogens is 1. The molecule has 0 spiro atoms. The first-order valence-electron chi connectivity index (χ1n) is 5.87. The van der Waals surface area contributed by atoms with Crippen LogP contribution in [-0.2, 0) is 23.7 Å². The Bertz CT molecular complexity index is 706. The first-order valence-corrected chi connectivity index (χ1v) is 8.55. The standard InChI is InChI=1S/C12H15ClN2O3S2/c1-8(11-3-4-12(13)19-11)14-20(17,18)10-5-9(7-16)15(2)6-10/h3-6,8,14,16H,7H2,1-2H3. The van der Waals surface area contributed by atoms with Crippen LogP contribution in [-0.4, -0.2) is 18.1 Å². The summed E-state index contributed by atoms with van der Waals surface area (Å²) in [5.74, 6) is 0. The van der Waals surface area contributed by atoms with Crippen LogP contribution in [0.1, 0.15) is 23.5 Å². The number of aryl methyl sites for hydroxylation is 1. The van der Waals surface area contributed by atoms with Crippen molar-refractivity contribution in [3.8, 4) is 0 Å². The molecule has 0 aliphatic heterocycles. The second-order valence-corrected chi connectivity index (χ2v) is 7.88. The molecule has 1 atom stereocenters. The Morgan fingerprint density at radius 1 is 1.50 bits per heavy atom. The van der Waals surface area contributed by atoms with Crippen LogP contribution in [0.4, 0.5) is 0 Å². The summed E-state index contributed by atoms with van der Waals surface area (Å²) in [5.41, 5.74) is 0.539. The van der Waals surface area contributed by atoms with Crippen molar-refractivity contribution in [3.63, 3.8) is 0 Å². The zero-order chi connectivity index (χ0) is 14.9. The highest BCUT2D eigenvalue weighted by Gasteiger charge is 2.21. The van der Waals surface area contributed by atoms with Gasteiger partial charge in [-0.05, 0) is 25.1 Å². The lowest BCUT2D eigenvalue weighted by Crippen LogP contribution is -2.26. The molecular weight excluding hydrogens is 320 g/mol. The van der Waals surface area contributed by atoms with Gasteiger partial charge in [0.05, 0.1) is 21.9 Å². The van der Waals surface area contributed by atoms with Crippen LogP contribution in [0.25, 0.3) is 0 Å². The summed E-state index contributed by atoms with van der Waals surface area (Å²) in [6.07, 6.45) is 1.47. The SMILES string of the molecule is CC(NS(=O)(=O)c1cc(CO)n(C)c1)c1ccc(Cl)s1. The third kappa shape index (κ3) is 3.24. The molecule has 8 heteroatoms. The van der Waals surface area contributed by atoms with E-state index in [1.807, 2.05) is 0 Å². The van der Waals surface area contributed by atoms with Gasteiger partial charge < -0.3 is 9.67 Å². The van der Waals surface area contributed by atoms with E-state index in [4.69, 9.17) is 16.7 Å². The summed E-state index contributed by atoms with van der Waals surface area (Å²) >= 11 is 7.18. The molecule has 0 amide bonds. The van der Waals surface area contributed by atoms with Crippen molar-refractivity contribution in [2.24, 2.45) is 7.05 Å². The number of hydrogen-bond acceptors (Lipinski definition) is 4. The quantitative estimate of drug-likeness (QED) is 0.881. The van der Waals surface area contributed by atoms with Crippen LogP contribution in [0.3, 0.4) is 0 Å². The van der Waals surface area contributed by atoms with Gasteiger partial charge >= 0.3 is 0 Å². The number of aliphatic hydroxyl groups excluding tert-OH is 1. The maximum absolute atomic E-state index is 12.3. The van der Waals surface area contributed by atoms with E-state index in [0.717, 1.165) is 4.88 Å². The lowest BCUT2D eigenvalue weighted by Gasteiger charge is -2.11. The van der Waals surface area contributed by atoms with Crippen LogP contribution >= 0.6 is 22.9 Å². The van der Waals surface area contributed by atoms with Crippen LogP contribution < -0.4 is 4.72 Å². The zero-order valence-electron chi connectivity index (χ0n) is 11.0. The molecule has 2 N–H and O–H groups in total. The van der Waals surface area contributed by atoms with Crippen LogP contribution in [0.5, 0.6) is 0 Å². The molecule has 0 fully saturated rings. The van der Waals surface area contributed by atoms with Crippen molar-refractivity contribution in [1.29, 1.82) is 0 Å². The number of thiophene rings is 1. The Labute approximate surface area is 126 Å². The average Bonchev–Trinajstić information content (AvgIpc) is 2.95. The van der Waals surface area contributed by atoms with Gasteiger partial charge in [-0.3, -0.25) is 0 Å². The predicted octanol–water partition coefficient (Wildman–Crippen LogP) is 2.27. The summed E-state index contributed by atoms with van der Waals surface area (Å²) in [6.45, 7) is 1.55. The van der Waals surface area contributed by atoms with E-state index in [1.165, 1.54) is 23.6 Å². The molecule has 0 aliphatic rings. The second-order valence-electron chi connectivity index (χ2n) is 4.42. The maximum atomic E-state index is 12.3. The fourth-order valence-electron chi connectivity index (χ4n) is 1.80. The average molecular weight is 335 g/mol. The Hall–Kier alpha value is -0.860. The zero-order valence-corrected chi connectivity index (χ0v) is 13.4. The minimum atomic E-state index is -3.63.